The van der Waals surface area contributed by atoms with Gasteiger partial charge in [0.05, 0.1) is 6.42 Å². The largest absolute Gasteiger partial charge is 0.489 e. The molecule has 0 saturated carbocycles. The first-order chi connectivity index (χ1) is 11.1. The van der Waals surface area contributed by atoms with Crippen molar-refractivity contribution in [1.29, 1.82) is 0 Å². The van der Waals surface area contributed by atoms with Crippen molar-refractivity contribution in [2.24, 2.45) is 0 Å². The van der Waals surface area contributed by atoms with Gasteiger partial charge in [-0.15, -0.1) is 0 Å². The lowest BCUT2D eigenvalue weighted by Gasteiger charge is -2.12. The van der Waals surface area contributed by atoms with Crippen molar-refractivity contribution in [2.45, 2.75) is 33.3 Å². The van der Waals surface area contributed by atoms with Crippen LogP contribution >= 0.6 is 0 Å². The van der Waals surface area contributed by atoms with Crippen LogP contribution in [-0.4, -0.2) is 11.1 Å². The number of benzene rings is 2. The van der Waals surface area contributed by atoms with Gasteiger partial charge < -0.3 is 9.84 Å². The zero-order valence-corrected chi connectivity index (χ0v) is 13.6. The molecule has 2 aromatic carbocycles. The van der Waals surface area contributed by atoms with E-state index in [1.165, 1.54) is 0 Å². The molecule has 0 aliphatic rings. The Morgan fingerprint density at radius 3 is 2.52 bits per heavy atom. The normalized spacial score (nSPS) is 11.3. The number of aryl methyl sites for hydroxylation is 1. The van der Waals surface area contributed by atoms with Gasteiger partial charge in [-0.3, -0.25) is 4.79 Å². The van der Waals surface area contributed by atoms with Crippen molar-refractivity contribution in [3.05, 3.63) is 71.3 Å². The van der Waals surface area contributed by atoms with Crippen LogP contribution in [0.2, 0.25) is 0 Å². The fraction of sp³-hybridized carbons (Fsp3) is 0.250. The van der Waals surface area contributed by atoms with Gasteiger partial charge >= 0.3 is 5.97 Å². The molecule has 0 aliphatic carbocycles. The van der Waals surface area contributed by atoms with Crippen LogP contribution in [0.15, 0.2) is 54.6 Å². The number of aliphatic carboxylic acids is 1. The number of ether oxygens (including phenoxy) is 1. The second-order valence-electron chi connectivity index (χ2n) is 5.43. The van der Waals surface area contributed by atoms with Crippen molar-refractivity contribution < 1.29 is 14.6 Å². The third-order valence-electron chi connectivity index (χ3n) is 3.70. The lowest BCUT2D eigenvalue weighted by atomic mass is 9.97. The molecule has 2 aromatic rings. The molecule has 0 aromatic heterocycles. The predicted octanol–water partition coefficient (Wildman–Crippen LogP) is 4.84. The highest BCUT2D eigenvalue weighted by atomic mass is 16.5. The molecule has 0 atom stereocenters. The summed E-state index contributed by atoms with van der Waals surface area (Å²) in [6.07, 6.45) is 2.64. The first-order valence-corrected chi connectivity index (χ1v) is 7.78. The minimum Gasteiger partial charge on any atom is -0.489 e. The summed E-state index contributed by atoms with van der Waals surface area (Å²) < 4.78 is 5.83. The van der Waals surface area contributed by atoms with Crippen molar-refractivity contribution in [1.82, 2.24) is 0 Å². The predicted molar refractivity (Wildman–Crippen MR) is 92.5 cm³/mol. The summed E-state index contributed by atoms with van der Waals surface area (Å²) in [5.74, 6) is 0.0141. The molecule has 23 heavy (non-hydrogen) atoms. The Hall–Kier alpha value is -2.55. The summed E-state index contributed by atoms with van der Waals surface area (Å²) in [5.41, 5.74) is 4.36. The maximum atomic E-state index is 10.7. The molecule has 0 unspecified atom stereocenters. The number of rotatable bonds is 7. The van der Waals surface area contributed by atoms with Crippen LogP contribution < -0.4 is 4.74 Å². The lowest BCUT2D eigenvalue weighted by molar-refractivity contribution is -0.135. The van der Waals surface area contributed by atoms with Crippen molar-refractivity contribution in [3.8, 4) is 5.75 Å². The highest BCUT2D eigenvalue weighted by Gasteiger charge is 2.06. The Kier molecular flexibility index (Phi) is 5.98. The van der Waals surface area contributed by atoms with Crippen LogP contribution in [0, 0.1) is 6.92 Å². The topological polar surface area (TPSA) is 46.5 Å². The van der Waals surface area contributed by atoms with Gasteiger partial charge in [0.15, 0.2) is 0 Å². The fourth-order valence-electron chi connectivity index (χ4n) is 2.48. The maximum absolute atomic E-state index is 10.7. The summed E-state index contributed by atoms with van der Waals surface area (Å²) in [4.78, 5) is 10.7. The molecular weight excluding hydrogens is 288 g/mol. The molecule has 0 aliphatic heterocycles. The van der Waals surface area contributed by atoms with Crippen LogP contribution in [0.3, 0.4) is 0 Å². The van der Waals surface area contributed by atoms with E-state index in [0.717, 1.165) is 34.4 Å². The molecule has 1 N–H and O–H groups in total. The van der Waals surface area contributed by atoms with Gasteiger partial charge in [-0.1, -0.05) is 49.4 Å². The summed E-state index contributed by atoms with van der Waals surface area (Å²) in [6, 6.07) is 16.0. The SMILES string of the molecule is CC/C(=C\CC(=O)O)c1ccc(OCc2ccccc2)cc1C. The first-order valence-electron chi connectivity index (χ1n) is 7.78. The summed E-state index contributed by atoms with van der Waals surface area (Å²) in [7, 11) is 0. The van der Waals surface area contributed by atoms with Gasteiger partial charge in [0.1, 0.15) is 12.4 Å². The third-order valence-corrected chi connectivity index (χ3v) is 3.70. The Morgan fingerprint density at radius 2 is 1.91 bits per heavy atom. The molecule has 0 spiro atoms. The summed E-state index contributed by atoms with van der Waals surface area (Å²) in [6.45, 7) is 4.59. The van der Waals surface area contributed by atoms with Gasteiger partial charge in [-0.2, -0.15) is 0 Å². The minimum atomic E-state index is -0.809. The Morgan fingerprint density at radius 1 is 1.17 bits per heavy atom. The quantitative estimate of drug-likeness (QED) is 0.795. The van der Waals surface area contributed by atoms with Crippen molar-refractivity contribution >= 4 is 11.5 Å². The molecule has 0 saturated heterocycles. The molecule has 3 heteroatoms. The molecule has 2 rings (SSSR count). The molecule has 0 heterocycles. The lowest BCUT2D eigenvalue weighted by Crippen LogP contribution is -1.97. The standard InChI is InChI=1S/C20H22O3/c1-3-17(9-12-20(21)22)19-11-10-18(13-15(19)2)23-14-16-7-5-4-6-8-16/h4-11,13H,3,12,14H2,1-2H3,(H,21,22)/b17-9+. The van der Waals surface area contributed by atoms with Crippen LogP contribution in [-0.2, 0) is 11.4 Å². The third kappa shape index (κ3) is 4.99. The number of carboxylic acid groups (broad SMARTS) is 1. The first kappa shape index (κ1) is 16.8. The number of carboxylic acids is 1. The number of carbonyl (C=O) groups is 1. The van der Waals surface area contributed by atoms with Crippen LogP contribution in [0.25, 0.3) is 5.57 Å². The van der Waals surface area contributed by atoms with E-state index >= 15 is 0 Å². The molecular formula is C20H22O3. The Balaban J connectivity index is 2.10. The smallest absolute Gasteiger partial charge is 0.307 e. The fourth-order valence-corrected chi connectivity index (χ4v) is 2.48. The molecule has 0 fully saturated rings. The van der Waals surface area contributed by atoms with E-state index in [4.69, 9.17) is 9.84 Å². The van der Waals surface area contributed by atoms with E-state index in [1.807, 2.05) is 62.4 Å². The second kappa shape index (κ2) is 8.18. The van der Waals surface area contributed by atoms with Gasteiger partial charge in [-0.05, 0) is 47.7 Å². The molecule has 0 amide bonds. The molecule has 0 radical (unpaired) electrons. The van der Waals surface area contributed by atoms with Gasteiger partial charge in [-0.25, -0.2) is 0 Å². The van der Waals surface area contributed by atoms with Crippen molar-refractivity contribution in [3.63, 3.8) is 0 Å². The Bertz CT molecular complexity index is 687. The van der Waals surface area contributed by atoms with E-state index in [2.05, 4.69) is 0 Å². The average molecular weight is 310 g/mol. The monoisotopic (exact) mass is 310 g/mol. The van der Waals surface area contributed by atoms with E-state index in [1.54, 1.807) is 6.08 Å². The van der Waals surface area contributed by atoms with E-state index < -0.39 is 5.97 Å². The van der Waals surface area contributed by atoms with E-state index in [9.17, 15) is 4.79 Å². The van der Waals surface area contributed by atoms with Crippen LogP contribution in [0.1, 0.15) is 36.5 Å². The summed E-state index contributed by atoms with van der Waals surface area (Å²) >= 11 is 0. The number of allylic oxidation sites excluding steroid dienone is 1. The summed E-state index contributed by atoms with van der Waals surface area (Å²) in [5, 5.41) is 8.83. The van der Waals surface area contributed by atoms with Crippen molar-refractivity contribution in [2.75, 3.05) is 0 Å². The average Bonchev–Trinajstić information content (AvgIpc) is 2.55. The zero-order chi connectivity index (χ0) is 16.7. The second-order valence-corrected chi connectivity index (χ2v) is 5.43. The van der Waals surface area contributed by atoms with Gasteiger partial charge in [0.25, 0.3) is 0 Å². The molecule has 3 nitrogen and oxygen atoms in total. The van der Waals surface area contributed by atoms with Gasteiger partial charge in [0.2, 0.25) is 0 Å². The number of hydrogen-bond donors (Lipinski definition) is 1. The molecule has 120 valence electrons. The maximum Gasteiger partial charge on any atom is 0.307 e. The van der Waals surface area contributed by atoms with Crippen LogP contribution in [0.5, 0.6) is 5.75 Å². The molecule has 0 bridgehead atoms. The zero-order valence-electron chi connectivity index (χ0n) is 13.6. The number of hydrogen-bond acceptors (Lipinski definition) is 2. The highest BCUT2D eigenvalue weighted by molar-refractivity contribution is 5.75. The van der Waals surface area contributed by atoms with E-state index in [-0.39, 0.29) is 6.42 Å². The van der Waals surface area contributed by atoms with Crippen LogP contribution in [0.4, 0.5) is 0 Å². The Labute approximate surface area is 137 Å². The van der Waals surface area contributed by atoms with E-state index in [0.29, 0.717) is 6.61 Å². The highest BCUT2D eigenvalue weighted by Crippen LogP contribution is 2.26. The minimum absolute atomic E-state index is 0.0505. The van der Waals surface area contributed by atoms with Gasteiger partial charge in [0, 0.05) is 0 Å².